The molecule has 0 fully saturated rings. The number of hydrogen-bond donors (Lipinski definition) is 0. The third kappa shape index (κ3) is 2.68. The van der Waals surface area contributed by atoms with Gasteiger partial charge < -0.3 is 4.74 Å². The van der Waals surface area contributed by atoms with Crippen molar-refractivity contribution in [3.63, 3.8) is 0 Å². The number of ether oxygens (including phenoxy) is 1. The van der Waals surface area contributed by atoms with Crippen molar-refractivity contribution in [2.45, 2.75) is 26.8 Å². The van der Waals surface area contributed by atoms with Gasteiger partial charge in [-0.25, -0.2) is 4.79 Å². The zero-order valence-electron chi connectivity index (χ0n) is 13.0. The average Bonchev–Trinajstić information content (AvgIpc) is 2.74. The maximum atomic E-state index is 12.3. The summed E-state index contributed by atoms with van der Waals surface area (Å²) in [6.45, 7) is 5.85. The first-order chi connectivity index (χ1) is 9.86. The Morgan fingerprint density at radius 1 is 1.38 bits per heavy atom. The lowest BCUT2D eigenvalue weighted by Crippen LogP contribution is -2.34. The number of benzene rings is 1. The van der Waals surface area contributed by atoms with E-state index in [-0.39, 0.29) is 11.8 Å². The van der Waals surface area contributed by atoms with Gasteiger partial charge in [0.05, 0.1) is 12.7 Å². The van der Waals surface area contributed by atoms with Crippen LogP contribution >= 0.6 is 0 Å². The van der Waals surface area contributed by atoms with Crippen LogP contribution in [-0.4, -0.2) is 42.8 Å². The number of nitrogens with zero attached hydrogens (tertiary/aromatic N) is 2. The molecule has 112 valence electrons. The van der Waals surface area contributed by atoms with Gasteiger partial charge in [-0.3, -0.25) is 14.7 Å². The highest BCUT2D eigenvalue weighted by molar-refractivity contribution is 6.17. The van der Waals surface area contributed by atoms with Crippen LogP contribution in [0.2, 0.25) is 0 Å². The van der Waals surface area contributed by atoms with Crippen molar-refractivity contribution in [2.24, 2.45) is 10.9 Å². The highest BCUT2D eigenvalue weighted by Crippen LogP contribution is 2.23. The Morgan fingerprint density at radius 3 is 2.57 bits per heavy atom. The number of esters is 1. The summed E-state index contributed by atoms with van der Waals surface area (Å²) in [6, 6.07) is 5.01. The van der Waals surface area contributed by atoms with E-state index >= 15 is 0 Å². The third-order valence-electron chi connectivity index (χ3n) is 3.62. The second-order valence-corrected chi connectivity index (χ2v) is 5.58. The highest BCUT2D eigenvalue weighted by Gasteiger charge is 2.35. The number of aryl methyl sites for hydroxylation is 1. The summed E-state index contributed by atoms with van der Waals surface area (Å²) in [6.07, 6.45) is 0. The second-order valence-electron chi connectivity index (χ2n) is 5.58. The van der Waals surface area contributed by atoms with Crippen LogP contribution in [0.1, 0.15) is 35.3 Å². The predicted octanol–water partition coefficient (Wildman–Crippen LogP) is 2.02. The lowest BCUT2D eigenvalue weighted by molar-refractivity contribution is -0.127. The molecule has 1 atom stereocenters. The van der Waals surface area contributed by atoms with Gasteiger partial charge in [0.2, 0.25) is 0 Å². The van der Waals surface area contributed by atoms with E-state index in [9.17, 15) is 9.59 Å². The molecule has 0 N–H and O–H groups in total. The molecule has 5 heteroatoms. The first-order valence-electron chi connectivity index (χ1n) is 6.91. The monoisotopic (exact) mass is 288 g/mol. The molecule has 1 aromatic rings. The minimum absolute atomic E-state index is 0.0441. The fourth-order valence-corrected chi connectivity index (χ4v) is 2.39. The zero-order valence-corrected chi connectivity index (χ0v) is 13.0. The molecule has 1 aromatic carbocycles. The Balaban J connectivity index is 2.55. The van der Waals surface area contributed by atoms with Crippen LogP contribution < -0.4 is 0 Å². The summed E-state index contributed by atoms with van der Waals surface area (Å²) in [5.74, 6) is 0.172. The normalized spacial score (nSPS) is 18.2. The first-order valence-corrected chi connectivity index (χ1v) is 6.91. The van der Waals surface area contributed by atoms with Gasteiger partial charge in [0.1, 0.15) is 11.9 Å². The first kappa shape index (κ1) is 15.2. The number of aliphatic imine (C=N–C) groups is 1. The van der Waals surface area contributed by atoms with Crippen LogP contribution in [0.15, 0.2) is 23.2 Å². The molecule has 1 unspecified atom stereocenters. The summed E-state index contributed by atoms with van der Waals surface area (Å²) in [4.78, 5) is 30.2. The molecule has 1 aliphatic heterocycles. The van der Waals surface area contributed by atoms with Gasteiger partial charge in [0.15, 0.2) is 0 Å². The summed E-state index contributed by atoms with van der Waals surface area (Å²) < 4.78 is 4.82. The van der Waals surface area contributed by atoms with Crippen LogP contribution in [0, 0.1) is 12.8 Å². The number of carbonyl (C=O) groups excluding carboxylic acids is 2. The van der Waals surface area contributed by atoms with Crippen molar-refractivity contribution < 1.29 is 14.3 Å². The van der Waals surface area contributed by atoms with E-state index in [0.717, 1.165) is 5.56 Å². The van der Waals surface area contributed by atoms with E-state index in [0.29, 0.717) is 17.0 Å². The molecular formula is C16H20N2O3. The Hall–Kier alpha value is -2.17. The fourth-order valence-electron chi connectivity index (χ4n) is 2.39. The van der Waals surface area contributed by atoms with Crippen molar-refractivity contribution >= 4 is 17.7 Å². The summed E-state index contributed by atoms with van der Waals surface area (Å²) in [5, 5.41) is 0. The van der Waals surface area contributed by atoms with Crippen LogP contribution in [-0.2, 0) is 9.53 Å². The van der Waals surface area contributed by atoms with Crippen LogP contribution in [0.5, 0.6) is 0 Å². The largest absolute Gasteiger partial charge is 0.465 e. The fraction of sp³-hybridized carbons (Fsp3) is 0.438. The lowest BCUT2D eigenvalue weighted by Gasteiger charge is -2.16. The van der Waals surface area contributed by atoms with Gasteiger partial charge >= 0.3 is 5.97 Å². The summed E-state index contributed by atoms with van der Waals surface area (Å²) in [5.41, 5.74) is 2.06. The molecule has 0 radical (unpaired) electrons. The average molecular weight is 288 g/mol. The standard InChI is InChI=1S/C16H20N2O3/c1-9(2)13-15(19)18(4)14(17-13)12-8-10(3)6-7-11(12)16(20)21-5/h6-9,13H,1-5H3. The molecule has 1 aliphatic rings. The van der Waals surface area contributed by atoms with Crippen molar-refractivity contribution in [3.05, 3.63) is 34.9 Å². The summed E-state index contributed by atoms with van der Waals surface area (Å²) in [7, 11) is 3.03. The van der Waals surface area contributed by atoms with E-state index in [1.165, 1.54) is 12.0 Å². The zero-order chi connectivity index (χ0) is 15.7. The van der Waals surface area contributed by atoms with Crippen LogP contribution in [0.4, 0.5) is 0 Å². The molecule has 0 saturated heterocycles. The summed E-state index contributed by atoms with van der Waals surface area (Å²) >= 11 is 0. The molecule has 1 heterocycles. The molecular weight excluding hydrogens is 268 g/mol. The van der Waals surface area contributed by atoms with E-state index in [1.54, 1.807) is 13.1 Å². The quantitative estimate of drug-likeness (QED) is 0.800. The predicted molar refractivity (Wildman–Crippen MR) is 80.5 cm³/mol. The van der Waals surface area contributed by atoms with Gasteiger partial charge in [-0.2, -0.15) is 0 Å². The van der Waals surface area contributed by atoms with Crippen molar-refractivity contribution in [3.8, 4) is 0 Å². The smallest absolute Gasteiger partial charge is 0.338 e. The van der Waals surface area contributed by atoms with Gasteiger partial charge in [-0.05, 0) is 25.0 Å². The molecule has 21 heavy (non-hydrogen) atoms. The lowest BCUT2D eigenvalue weighted by atomic mass is 10.0. The number of methoxy groups -OCH3 is 1. The molecule has 1 amide bonds. The molecule has 0 aliphatic carbocycles. The number of amides is 1. The van der Waals surface area contributed by atoms with E-state index in [4.69, 9.17) is 4.74 Å². The minimum atomic E-state index is -0.429. The van der Waals surface area contributed by atoms with E-state index in [2.05, 4.69) is 4.99 Å². The number of hydrogen-bond acceptors (Lipinski definition) is 4. The highest BCUT2D eigenvalue weighted by atomic mass is 16.5. The Kier molecular flexibility index (Phi) is 4.11. The van der Waals surface area contributed by atoms with Gasteiger partial charge in [-0.1, -0.05) is 25.5 Å². The molecule has 5 nitrogen and oxygen atoms in total. The Labute approximate surface area is 124 Å². The van der Waals surface area contributed by atoms with Gasteiger partial charge in [0.25, 0.3) is 5.91 Å². The van der Waals surface area contributed by atoms with Crippen LogP contribution in [0.25, 0.3) is 0 Å². The number of rotatable bonds is 3. The van der Waals surface area contributed by atoms with Gasteiger partial charge in [-0.15, -0.1) is 0 Å². The minimum Gasteiger partial charge on any atom is -0.465 e. The van der Waals surface area contributed by atoms with E-state index < -0.39 is 12.0 Å². The van der Waals surface area contributed by atoms with Crippen molar-refractivity contribution in [1.29, 1.82) is 0 Å². The van der Waals surface area contributed by atoms with E-state index in [1.807, 2.05) is 32.9 Å². The topological polar surface area (TPSA) is 59.0 Å². The van der Waals surface area contributed by atoms with Gasteiger partial charge in [0, 0.05) is 12.6 Å². The molecule has 0 aromatic heterocycles. The molecule has 2 rings (SSSR count). The molecule has 0 bridgehead atoms. The SMILES string of the molecule is COC(=O)c1ccc(C)cc1C1=NC(C(C)C)C(=O)N1C. The maximum absolute atomic E-state index is 12.3. The molecule has 0 saturated carbocycles. The van der Waals surface area contributed by atoms with Crippen LogP contribution in [0.3, 0.4) is 0 Å². The maximum Gasteiger partial charge on any atom is 0.338 e. The number of amidine groups is 1. The number of likely N-dealkylation sites (N-methyl/N-ethyl adjacent to an activating group) is 1. The molecule has 0 spiro atoms. The number of carbonyl (C=O) groups is 2. The Morgan fingerprint density at radius 2 is 2.05 bits per heavy atom. The van der Waals surface area contributed by atoms with Crippen molar-refractivity contribution in [2.75, 3.05) is 14.2 Å². The second kappa shape index (κ2) is 5.68. The van der Waals surface area contributed by atoms with Crippen molar-refractivity contribution in [1.82, 2.24) is 4.90 Å². The third-order valence-corrected chi connectivity index (χ3v) is 3.62. The Bertz CT molecular complexity index is 620.